The molecule has 0 bridgehead atoms. The van der Waals surface area contributed by atoms with Crippen LogP contribution in [0.3, 0.4) is 0 Å². The van der Waals surface area contributed by atoms with Crippen molar-refractivity contribution < 1.29 is 29.6 Å². The van der Waals surface area contributed by atoms with Gasteiger partial charge in [0.15, 0.2) is 0 Å². The van der Waals surface area contributed by atoms with Crippen molar-refractivity contribution in [3.05, 3.63) is 0 Å². The lowest BCUT2D eigenvalue weighted by atomic mass is 9.94. The first-order chi connectivity index (χ1) is 17.0. The van der Waals surface area contributed by atoms with Crippen molar-refractivity contribution >= 4 is 11.9 Å². The summed E-state index contributed by atoms with van der Waals surface area (Å²) in [5, 5.41) is 27.1. The molecule has 6 nitrogen and oxygen atoms in total. The van der Waals surface area contributed by atoms with Gasteiger partial charge in [0.05, 0.1) is 12.5 Å². The molecular weight excluding hydrogens is 444 g/mol. The molecule has 0 saturated carbocycles. The molecule has 0 amide bonds. The molecule has 0 aromatic heterocycles. The summed E-state index contributed by atoms with van der Waals surface area (Å²) in [4.78, 5) is 23.0. The molecule has 2 unspecified atom stereocenters. The van der Waals surface area contributed by atoms with Gasteiger partial charge in [0.25, 0.3) is 0 Å². The van der Waals surface area contributed by atoms with Crippen LogP contribution in [0.5, 0.6) is 0 Å². The van der Waals surface area contributed by atoms with Gasteiger partial charge in [0.1, 0.15) is 12.7 Å². The van der Waals surface area contributed by atoms with Crippen molar-refractivity contribution in [1.82, 2.24) is 0 Å². The minimum Gasteiger partial charge on any atom is -0.481 e. The number of carbonyl (C=O) groups excluding carboxylic acids is 1. The number of carboxylic acids is 1. The van der Waals surface area contributed by atoms with Crippen molar-refractivity contribution in [2.75, 3.05) is 13.2 Å². The lowest BCUT2D eigenvalue weighted by molar-refractivity contribution is -0.152. The standard InChI is InChI=1S/C29H56O6/c1-2-3-4-5-6-12-15-18-21-26(29(34)35-25-27(31)24-30)22-19-16-13-10-8-7-9-11-14-17-20-23-28(32)33/h26-27,30-31H,2-25H2,1H3,(H,32,33). The molecule has 0 aliphatic heterocycles. The number of aliphatic hydroxyl groups is 2. The molecule has 6 heteroatoms. The van der Waals surface area contributed by atoms with E-state index in [1.807, 2.05) is 0 Å². The second-order valence-electron chi connectivity index (χ2n) is 10.2. The Morgan fingerprint density at radius 3 is 1.46 bits per heavy atom. The minimum atomic E-state index is -0.993. The number of unbranched alkanes of at least 4 members (excludes halogenated alkanes) is 17. The Bertz CT molecular complexity index is 482. The quantitative estimate of drug-likeness (QED) is 0.0814. The molecular formula is C29H56O6. The normalized spacial score (nSPS) is 13.0. The maximum absolute atomic E-state index is 12.5. The number of ether oxygens (including phenoxy) is 1. The Labute approximate surface area is 215 Å². The van der Waals surface area contributed by atoms with E-state index in [1.165, 1.54) is 77.0 Å². The highest BCUT2D eigenvalue weighted by Crippen LogP contribution is 2.21. The van der Waals surface area contributed by atoms with E-state index in [0.29, 0.717) is 6.42 Å². The van der Waals surface area contributed by atoms with Crippen LogP contribution in [0.2, 0.25) is 0 Å². The Morgan fingerprint density at radius 2 is 1.06 bits per heavy atom. The van der Waals surface area contributed by atoms with Crippen LogP contribution in [0.15, 0.2) is 0 Å². The fourth-order valence-electron chi connectivity index (χ4n) is 4.51. The van der Waals surface area contributed by atoms with Crippen molar-refractivity contribution in [1.29, 1.82) is 0 Å². The van der Waals surface area contributed by atoms with E-state index in [1.54, 1.807) is 0 Å². The number of esters is 1. The zero-order valence-electron chi connectivity index (χ0n) is 22.7. The number of aliphatic hydroxyl groups excluding tert-OH is 2. The Hall–Kier alpha value is -1.14. The van der Waals surface area contributed by atoms with Crippen LogP contribution < -0.4 is 0 Å². The molecule has 0 saturated heterocycles. The van der Waals surface area contributed by atoms with Gasteiger partial charge in [-0.25, -0.2) is 0 Å². The van der Waals surface area contributed by atoms with Gasteiger partial charge in [-0.1, -0.05) is 122 Å². The Morgan fingerprint density at radius 1 is 0.657 bits per heavy atom. The molecule has 2 atom stereocenters. The molecule has 0 rings (SSSR count). The van der Waals surface area contributed by atoms with Crippen LogP contribution in [0, 0.1) is 5.92 Å². The van der Waals surface area contributed by atoms with Crippen molar-refractivity contribution in [3.63, 3.8) is 0 Å². The maximum atomic E-state index is 12.5. The van der Waals surface area contributed by atoms with Gasteiger partial charge in [0.2, 0.25) is 0 Å². The van der Waals surface area contributed by atoms with Crippen LogP contribution in [-0.2, 0) is 14.3 Å². The van der Waals surface area contributed by atoms with Crippen molar-refractivity contribution in [2.24, 2.45) is 5.92 Å². The van der Waals surface area contributed by atoms with Gasteiger partial charge >= 0.3 is 11.9 Å². The number of rotatable bonds is 27. The summed E-state index contributed by atoms with van der Waals surface area (Å²) < 4.78 is 5.27. The van der Waals surface area contributed by atoms with Gasteiger partial charge in [-0.2, -0.15) is 0 Å². The first-order valence-electron chi connectivity index (χ1n) is 14.7. The predicted octanol–water partition coefficient (Wildman–Crippen LogP) is 7.19. The zero-order chi connectivity index (χ0) is 26.0. The molecule has 0 spiro atoms. The van der Waals surface area contributed by atoms with E-state index in [2.05, 4.69) is 6.92 Å². The molecule has 0 aliphatic carbocycles. The van der Waals surface area contributed by atoms with Gasteiger partial charge in [0, 0.05) is 6.42 Å². The molecule has 0 fully saturated rings. The topological polar surface area (TPSA) is 104 Å². The van der Waals surface area contributed by atoms with Crippen LogP contribution in [0.4, 0.5) is 0 Å². The SMILES string of the molecule is CCCCCCCCCCC(CCCCCCCCCCCCCC(=O)O)C(=O)OCC(O)CO. The molecule has 0 aromatic carbocycles. The van der Waals surface area contributed by atoms with Gasteiger partial charge < -0.3 is 20.1 Å². The van der Waals surface area contributed by atoms with Crippen LogP contribution in [-0.4, -0.2) is 46.6 Å². The summed E-state index contributed by atoms with van der Waals surface area (Å²) in [5.74, 6) is -1.01. The molecule has 0 heterocycles. The summed E-state index contributed by atoms with van der Waals surface area (Å²) in [5.41, 5.74) is 0. The summed E-state index contributed by atoms with van der Waals surface area (Å²) in [7, 11) is 0. The number of carbonyl (C=O) groups is 2. The molecule has 3 N–H and O–H groups in total. The third-order valence-electron chi connectivity index (χ3n) is 6.81. The van der Waals surface area contributed by atoms with Crippen molar-refractivity contribution in [3.8, 4) is 0 Å². The first kappa shape index (κ1) is 33.9. The van der Waals surface area contributed by atoms with E-state index in [0.717, 1.165) is 57.8 Å². The largest absolute Gasteiger partial charge is 0.481 e. The number of hydrogen-bond acceptors (Lipinski definition) is 5. The highest BCUT2D eigenvalue weighted by atomic mass is 16.5. The Kier molecular flexibility index (Phi) is 25.1. The third-order valence-corrected chi connectivity index (χ3v) is 6.81. The average molecular weight is 501 g/mol. The van der Waals surface area contributed by atoms with Crippen LogP contribution in [0.25, 0.3) is 0 Å². The monoisotopic (exact) mass is 500 g/mol. The predicted molar refractivity (Wildman–Crippen MR) is 142 cm³/mol. The summed E-state index contributed by atoms with van der Waals surface area (Å²) in [6, 6.07) is 0. The van der Waals surface area contributed by atoms with Crippen molar-refractivity contribution in [2.45, 2.75) is 154 Å². The summed E-state index contributed by atoms with van der Waals surface area (Å²) in [6.07, 6.45) is 23.4. The van der Waals surface area contributed by atoms with Crippen LogP contribution in [0.1, 0.15) is 148 Å². The highest BCUT2D eigenvalue weighted by Gasteiger charge is 2.20. The molecule has 0 aliphatic rings. The van der Waals surface area contributed by atoms with Gasteiger partial charge in [-0.3, -0.25) is 9.59 Å². The van der Waals surface area contributed by atoms with E-state index >= 15 is 0 Å². The maximum Gasteiger partial charge on any atom is 0.309 e. The zero-order valence-corrected chi connectivity index (χ0v) is 22.7. The van der Waals surface area contributed by atoms with Crippen LogP contribution >= 0.6 is 0 Å². The van der Waals surface area contributed by atoms with Gasteiger partial charge in [-0.05, 0) is 19.3 Å². The number of hydrogen-bond donors (Lipinski definition) is 3. The lowest BCUT2D eigenvalue weighted by Gasteiger charge is -2.17. The number of aliphatic carboxylic acids is 1. The fraction of sp³-hybridized carbons (Fsp3) is 0.931. The summed E-state index contributed by atoms with van der Waals surface area (Å²) in [6.45, 7) is 1.72. The van der Waals surface area contributed by atoms with Gasteiger partial charge in [-0.15, -0.1) is 0 Å². The molecule has 35 heavy (non-hydrogen) atoms. The Balaban J connectivity index is 3.91. The average Bonchev–Trinajstić information content (AvgIpc) is 2.85. The third kappa shape index (κ3) is 24.3. The number of carboxylic acid groups (broad SMARTS) is 1. The fourth-order valence-corrected chi connectivity index (χ4v) is 4.51. The van der Waals surface area contributed by atoms with E-state index in [9.17, 15) is 14.7 Å². The second-order valence-corrected chi connectivity index (χ2v) is 10.2. The smallest absolute Gasteiger partial charge is 0.309 e. The summed E-state index contributed by atoms with van der Waals surface area (Å²) >= 11 is 0. The van der Waals surface area contributed by atoms with E-state index in [4.69, 9.17) is 14.9 Å². The first-order valence-corrected chi connectivity index (χ1v) is 14.7. The molecule has 0 aromatic rings. The second kappa shape index (κ2) is 25.9. The highest BCUT2D eigenvalue weighted by molar-refractivity contribution is 5.72. The molecule has 0 radical (unpaired) electrons. The molecule has 208 valence electrons. The van der Waals surface area contributed by atoms with E-state index < -0.39 is 12.1 Å². The lowest BCUT2D eigenvalue weighted by Crippen LogP contribution is -2.25. The minimum absolute atomic E-state index is 0.0953. The van der Waals surface area contributed by atoms with E-state index in [-0.39, 0.29) is 25.1 Å².